The first-order chi connectivity index (χ1) is 12.1. The average Bonchev–Trinajstić information content (AvgIpc) is 2.96. The quantitative estimate of drug-likeness (QED) is 0.767. The van der Waals surface area contributed by atoms with Crippen molar-refractivity contribution in [2.75, 3.05) is 0 Å². The molecule has 6 nitrogen and oxygen atoms in total. The van der Waals surface area contributed by atoms with E-state index < -0.39 is 20.0 Å². The zero-order valence-electron chi connectivity index (χ0n) is 14.7. The second-order valence-corrected chi connectivity index (χ2v) is 11.0. The van der Waals surface area contributed by atoms with Crippen molar-refractivity contribution in [3.8, 4) is 0 Å². The van der Waals surface area contributed by atoms with Gasteiger partial charge in [-0.3, -0.25) is 4.72 Å². The Labute approximate surface area is 160 Å². The van der Waals surface area contributed by atoms with Gasteiger partial charge in [-0.15, -0.1) is 0 Å². The topological polar surface area (TPSA) is 92.3 Å². The van der Waals surface area contributed by atoms with Gasteiger partial charge < -0.3 is 0 Å². The molecule has 1 fully saturated rings. The van der Waals surface area contributed by atoms with Crippen LogP contribution in [0.15, 0.2) is 27.6 Å². The van der Waals surface area contributed by atoms with Crippen molar-refractivity contribution in [2.45, 2.75) is 61.8 Å². The Hall–Kier alpha value is -1.09. The zero-order chi connectivity index (χ0) is 19.1. The molecule has 0 unspecified atom stereocenters. The number of sulfonamides is 2. The predicted octanol–water partition coefficient (Wildman–Crippen LogP) is 3.24. The van der Waals surface area contributed by atoms with E-state index in [0.717, 1.165) is 18.9 Å². The minimum atomic E-state index is -3.90. The fourth-order valence-corrected chi connectivity index (χ4v) is 6.73. The molecule has 144 valence electrons. The van der Waals surface area contributed by atoms with Crippen LogP contribution in [0.3, 0.4) is 0 Å². The molecule has 0 spiro atoms. The van der Waals surface area contributed by atoms with Gasteiger partial charge in [0.15, 0.2) is 0 Å². The molecular weight excluding hydrogens is 396 g/mol. The molecule has 2 aliphatic rings. The highest BCUT2D eigenvalue weighted by Crippen LogP contribution is 2.35. The summed E-state index contributed by atoms with van der Waals surface area (Å²) in [5, 5.41) is 0.00506. The monoisotopic (exact) mass is 418 g/mol. The maximum atomic E-state index is 12.7. The minimum absolute atomic E-state index is 0.00506. The van der Waals surface area contributed by atoms with Crippen molar-refractivity contribution in [3.63, 3.8) is 0 Å². The fourth-order valence-electron chi connectivity index (χ4n) is 3.55. The number of nitrogens with one attached hydrogen (secondary N) is 2. The maximum absolute atomic E-state index is 12.7. The molecule has 1 heterocycles. The number of benzene rings is 1. The normalized spacial score (nSPS) is 19.9. The highest BCUT2D eigenvalue weighted by molar-refractivity contribution is 7.90. The molecule has 9 heteroatoms. The van der Waals surface area contributed by atoms with E-state index in [0.29, 0.717) is 23.6 Å². The van der Waals surface area contributed by atoms with Gasteiger partial charge in [-0.25, -0.2) is 21.6 Å². The summed E-state index contributed by atoms with van der Waals surface area (Å²) in [5.41, 5.74) is 1.06. The number of hydrogen-bond donors (Lipinski definition) is 2. The van der Waals surface area contributed by atoms with Gasteiger partial charge in [-0.1, -0.05) is 37.3 Å². The Morgan fingerprint density at radius 1 is 1.27 bits per heavy atom. The number of hydrogen-bond acceptors (Lipinski definition) is 4. The molecule has 0 aromatic heterocycles. The standard InChI is InChI=1S/C17H23ClN2O4S2/c1-11(2)19-26(23,24)17-10-16-13(9-15(17)18)8-14(20-25(16,21)22)7-12-5-3-4-6-12/h8-12,19-20H,3-7H2,1-2H3. The van der Waals surface area contributed by atoms with E-state index in [4.69, 9.17) is 11.6 Å². The number of allylic oxidation sites excluding steroid dienone is 1. The summed E-state index contributed by atoms with van der Waals surface area (Å²) < 4.78 is 55.2. The third kappa shape index (κ3) is 4.08. The zero-order valence-corrected chi connectivity index (χ0v) is 17.1. The first kappa shape index (κ1) is 19.7. The Balaban J connectivity index is 2.02. The molecule has 1 aromatic carbocycles. The summed E-state index contributed by atoms with van der Waals surface area (Å²) >= 11 is 6.18. The lowest BCUT2D eigenvalue weighted by Gasteiger charge is -2.22. The van der Waals surface area contributed by atoms with Crippen LogP contribution in [0.2, 0.25) is 5.02 Å². The largest absolute Gasteiger partial charge is 0.283 e. The lowest BCUT2D eigenvalue weighted by Crippen LogP contribution is -2.32. The van der Waals surface area contributed by atoms with Gasteiger partial charge >= 0.3 is 0 Å². The molecule has 1 aliphatic carbocycles. The Morgan fingerprint density at radius 3 is 2.54 bits per heavy atom. The van der Waals surface area contributed by atoms with Crippen LogP contribution in [0.25, 0.3) is 6.08 Å². The molecule has 0 saturated heterocycles. The van der Waals surface area contributed by atoms with E-state index in [2.05, 4.69) is 9.44 Å². The van der Waals surface area contributed by atoms with Gasteiger partial charge in [-0.05, 0) is 50.0 Å². The highest BCUT2D eigenvalue weighted by Gasteiger charge is 2.30. The summed E-state index contributed by atoms with van der Waals surface area (Å²) in [4.78, 5) is -0.300. The van der Waals surface area contributed by atoms with Crippen LogP contribution in [-0.2, 0) is 20.0 Å². The van der Waals surface area contributed by atoms with Gasteiger partial charge in [0.05, 0.1) is 9.92 Å². The molecule has 2 N–H and O–H groups in total. The lowest BCUT2D eigenvalue weighted by atomic mass is 10.0. The Bertz CT molecular complexity index is 947. The van der Waals surface area contributed by atoms with E-state index in [9.17, 15) is 16.8 Å². The van der Waals surface area contributed by atoms with Crippen LogP contribution in [0.1, 0.15) is 51.5 Å². The lowest BCUT2D eigenvalue weighted by molar-refractivity contribution is 0.530. The van der Waals surface area contributed by atoms with Crippen LogP contribution in [0.4, 0.5) is 0 Å². The third-order valence-electron chi connectivity index (χ3n) is 4.61. The summed E-state index contributed by atoms with van der Waals surface area (Å²) in [6.07, 6.45) is 6.99. The molecule has 1 aromatic rings. The second-order valence-electron chi connectivity index (χ2n) is 7.23. The molecule has 0 bridgehead atoms. The van der Waals surface area contributed by atoms with Crippen molar-refractivity contribution in [3.05, 3.63) is 28.4 Å². The fraction of sp³-hybridized carbons (Fsp3) is 0.529. The first-order valence-corrected chi connectivity index (χ1v) is 12.0. The summed E-state index contributed by atoms with van der Waals surface area (Å²) in [6.45, 7) is 3.36. The summed E-state index contributed by atoms with van der Waals surface area (Å²) in [6, 6.07) is 2.21. The molecule has 0 amide bonds. The molecule has 0 radical (unpaired) electrons. The van der Waals surface area contributed by atoms with Crippen molar-refractivity contribution in [2.24, 2.45) is 5.92 Å². The van der Waals surface area contributed by atoms with Gasteiger partial charge in [0, 0.05) is 11.7 Å². The van der Waals surface area contributed by atoms with Gasteiger partial charge in [0.25, 0.3) is 10.0 Å². The van der Waals surface area contributed by atoms with Crippen LogP contribution in [0, 0.1) is 5.92 Å². The van der Waals surface area contributed by atoms with Crippen LogP contribution in [0.5, 0.6) is 0 Å². The van der Waals surface area contributed by atoms with Crippen molar-refractivity contribution >= 4 is 37.7 Å². The first-order valence-electron chi connectivity index (χ1n) is 8.68. The third-order valence-corrected chi connectivity index (χ3v) is 8.20. The Morgan fingerprint density at radius 2 is 1.92 bits per heavy atom. The molecule has 1 saturated carbocycles. The number of fused-ring (bicyclic) bond motifs is 1. The summed E-state index contributed by atoms with van der Waals surface area (Å²) in [5.74, 6) is 0.482. The van der Waals surface area contributed by atoms with Crippen molar-refractivity contribution in [1.82, 2.24) is 9.44 Å². The van der Waals surface area contributed by atoms with E-state index >= 15 is 0 Å². The van der Waals surface area contributed by atoms with E-state index in [-0.39, 0.29) is 20.9 Å². The smallest absolute Gasteiger partial charge is 0.262 e. The minimum Gasteiger partial charge on any atom is -0.283 e. The van der Waals surface area contributed by atoms with Crippen LogP contribution >= 0.6 is 11.6 Å². The molecule has 0 atom stereocenters. The van der Waals surface area contributed by atoms with E-state index in [1.807, 2.05) is 0 Å². The molecule has 3 rings (SSSR count). The Kier molecular flexibility index (Phi) is 5.40. The SMILES string of the molecule is CC(C)NS(=O)(=O)c1cc2c(cc1Cl)C=C(CC1CCCC1)NS2(=O)=O. The average molecular weight is 419 g/mol. The van der Waals surface area contributed by atoms with Gasteiger partial charge in [0.1, 0.15) is 4.90 Å². The number of rotatable bonds is 5. The molecule has 26 heavy (non-hydrogen) atoms. The highest BCUT2D eigenvalue weighted by atomic mass is 35.5. The second kappa shape index (κ2) is 7.14. The van der Waals surface area contributed by atoms with Crippen LogP contribution in [-0.4, -0.2) is 22.9 Å². The van der Waals surface area contributed by atoms with E-state index in [1.54, 1.807) is 19.9 Å². The van der Waals surface area contributed by atoms with E-state index in [1.165, 1.54) is 18.9 Å². The van der Waals surface area contributed by atoms with Gasteiger partial charge in [-0.2, -0.15) is 0 Å². The van der Waals surface area contributed by atoms with Crippen molar-refractivity contribution < 1.29 is 16.8 Å². The van der Waals surface area contributed by atoms with Crippen LogP contribution < -0.4 is 9.44 Å². The number of halogens is 1. The molecule has 1 aliphatic heterocycles. The maximum Gasteiger partial charge on any atom is 0.262 e. The summed E-state index contributed by atoms with van der Waals surface area (Å²) in [7, 11) is -7.73. The van der Waals surface area contributed by atoms with Crippen molar-refractivity contribution in [1.29, 1.82) is 0 Å². The molecular formula is C17H23ClN2O4S2. The van der Waals surface area contributed by atoms with Gasteiger partial charge in [0.2, 0.25) is 10.0 Å². The predicted molar refractivity (Wildman–Crippen MR) is 102 cm³/mol.